The van der Waals surface area contributed by atoms with Crippen LogP contribution in [-0.2, 0) is 41.6 Å². The molecule has 1 aromatic heterocycles. The monoisotopic (exact) mass is 600 g/mol. The summed E-state index contributed by atoms with van der Waals surface area (Å²) < 4.78 is 23.3. The number of unbranched alkanes of at least 4 members (excludes halogenated alkanes) is 1. The number of alkyl carbamates (subject to hydrolysis) is 1. The predicted molar refractivity (Wildman–Crippen MR) is 164 cm³/mol. The number of hydrogen-bond donors (Lipinski definition) is 2. The first-order valence-electron chi connectivity index (χ1n) is 15.2. The molecular weight excluding hydrogens is 560 g/mol. The second kappa shape index (κ2) is 13.6. The quantitative estimate of drug-likeness (QED) is 0.0912. The fourth-order valence-corrected chi connectivity index (χ4v) is 5.99. The number of fused-ring (bicyclic) bond motifs is 1. The Balaban J connectivity index is 1.25. The van der Waals surface area contributed by atoms with Crippen molar-refractivity contribution in [1.29, 1.82) is 0 Å². The van der Waals surface area contributed by atoms with Gasteiger partial charge >= 0.3 is 18.0 Å². The number of terminal acetylenes is 1. The third kappa shape index (κ3) is 7.61. The second-order valence-corrected chi connectivity index (χ2v) is 12.2. The number of carbonyl (C=O) groups is 3. The van der Waals surface area contributed by atoms with Crippen molar-refractivity contribution in [2.24, 2.45) is 5.92 Å². The van der Waals surface area contributed by atoms with Crippen LogP contribution in [0.1, 0.15) is 63.5 Å². The van der Waals surface area contributed by atoms with Crippen LogP contribution in [0.3, 0.4) is 0 Å². The summed E-state index contributed by atoms with van der Waals surface area (Å²) in [4.78, 5) is 42.4. The molecule has 232 valence electrons. The lowest BCUT2D eigenvalue weighted by atomic mass is 9.73. The molecule has 0 radical (unpaired) electrons. The van der Waals surface area contributed by atoms with E-state index in [0.717, 1.165) is 28.5 Å². The van der Waals surface area contributed by atoms with Gasteiger partial charge in [0.1, 0.15) is 30.0 Å². The number of carbonyl (C=O) groups excluding carboxylic acids is 3. The van der Waals surface area contributed by atoms with Gasteiger partial charge in [-0.2, -0.15) is 0 Å². The largest absolute Gasteiger partial charge is 0.459 e. The van der Waals surface area contributed by atoms with Gasteiger partial charge in [0.15, 0.2) is 0 Å². The number of ether oxygens (including phenoxy) is 4. The van der Waals surface area contributed by atoms with E-state index in [0.29, 0.717) is 32.3 Å². The molecular formula is C35H40N2O7. The number of rotatable bonds is 12. The van der Waals surface area contributed by atoms with Crippen molar-refractivity contribution in [2.45, 2.75) is 88.7 Å². The maximum atomic E-state index is 13.4. The number of benzene rings is 2. The Kier molecular flexibility index (Phi) is 9.60. The first kappa shape index (κ1) is 31.1. The van der Waals surface area contributed by atoms with E-state index in [4.69, 9.17) is 25.4 Å². The van der Waals surface area contributed by atoms with Gasteiger partial charge < -0.3 is 29.2 Å². The van der Waals surface area contributed by atoms with E-state index < -0.39 is 35.4 Å². The molecule has 1 saturated carbocycles. The standard InChI is InChI=1S/C35H40N2O7/c1-4-5-7-16-31(38)44-34(2,3)26-17-18-35(23-42-35)30(20-26)43-33(40)37-29(32(39)41-22-24-12-8-6-9-13-24)19-25-21-36-28-15-11-10-14-27(25)28/h1,6,8-15,21,26,29-30,36H,5,7,16-20,22-23H2,2-3H3,(H,37,40)/t26-,29-,30-,35-/m0/s1. The van der Waals surface area contributed by atoms with Crippen molar-refractivity contribution >= 4 is 28.9 Å². The van der Waals surface area contributed by atoms with Gasteiger partial charge in [-0.05, 0) is 56.7 Å². The van der Waals surface area contributed by atoms with Crippen LogP contribution in [0.5, 0.6) is 0 Å². The Hall–Kier alpha value is -4.29. The molecule has 0 unspecified atom stereocenters. The molecule has 2 fully saturated rings. The minimum Gasteiger partial charge on any atom is -0.459 e. The summed E-state index contributed by atoms with van der Waals surface area (Å²) in [6.45, 7) is 4.35. The average Bonchev–Trinajstić information content (AvgIpc) is 3.67. The van der Waals surface area contributed by atoms with Gasteiger partial charge in [0, 0.05) is 42.3 Å². The van der Waals surface area contributed by atoms with E-state index in [2.05, 4.69) is 16.2 Å². The molecule has 2 heterocycles. The predicted octanol–water partition coefficient (Wildman–Crippen LogP) is 5.61. The summed E-state index contributed by atoms with van der Waals surface area (Å²) in [6, 6.07) is 16.2. The number of epoxide rings is 1. The average molecular weight is 601 g/mol. The molecule has 9 nitrogen and oxygen atoms in total. The van der Waals surface area contributed by atoms with Crippen LogP contribution in [0.4, 0.5) is 4.79 Å². The number of H-pyrrole nitrogens is 1. The van der Waals surface area contributed by atoms with E-state index in [1.807, 2.05) is 74.6 Å². The van der Waals surface area contributed by atoms with Gasteiger partial charge in [-0.1, -0.05) is 48.5 Å². The number of amides is 1. The third-order valence-corrected chi connectivity index (χ3v) is 8.73. The maximum Gasteiger partial charge on any atom is 0.408 e. The summed E-state index contributed by atoms with van der Waals surface area (Å²) in [6.07, 6.45) is 9.31. The molecule has 44 heavy (non-hydrogen) atoms. The van der Waals surface area contributed by atoms with Crippen LogP contribution in [-0.4, -0.2) is 53.0 Å². The summed E-state index contributed by atoms with van der Waals surface area (Å²) in [5.41, 5.74) is 1.33. The lowest BCUT2D eigenvalue weighted by Crippen LogP contribution is -2.50. The van der Waals surface area contributed by atoms with E-state index in [1.54, 1.807) is 0 Å². The zero-order chi connectivity index (χ0) is 31.2. The molecule has 1 spiro atoms. The minimum atomic E-state index is -0.985. The van der Waals surface area contributed by atoms with E-state index >= 15 is 0 Å². The SMILES string of the molecule is C#CCCCC(=O)OC(C)(C)[C@H]1CC[C@]2(CO2)[C@@H](OC(=O)N[C@@H](Cc2c[nH]c3ccccc23)C(=O)OCc2ccccc2)C1. The molecule has 2 aromatic carbocycles. The van der Waals surface area contributed by atoms with Crippen LogP contribution >= 0.6 is 0 Å². The summed E-state index contributed by atoms with van der Waals surface area (Å²) >= 11 is 0. The zero-order valence-corrected chi connectivity index (χ0v) is 25.3. The highest BCUT2D eigenvalue weighted by molar-refractivity contribution is 5.86. The molecule has 1 aliphatic carbocycles. The van der Waals surface area contributed by atoms with Crippen LogP contribution in [0.2, 0.25) is 0 Å². The Morgan fingerprint density at radius 3 is 2.66 bits per heavy atom. The molecule has 5 rings (SSSR count). The van der Waals surface area contributed by atoms with Crippen molar-refractivity contribution in [2.75, 3.05) is 6.61 Å². The smallest absolute Gasteiger partial charge is 0.408 e. The lowest BCUT2D eigenvalue weighted by molar-refractivity contribution is -0.166. The summed E-state index contributed by atoms with van der Waals surface area (Å²) in [5.74, 6) is 1.63. The molecule has 9 heteroatoms. The number of esters is 2. The number of hydrogen-bond acceptors (Lipinski definition) is 7. The minimum absolute atomic E-state index is 0.0513. The van der Waals surface area contributed by atoms with Gasteiger partial charge in [0.05, 0.1) is 6.61 Å². The topological polar surface area (TPSA) is 119 Å². The van der Waals surface area contributed by atoms with Crippen LogP contribution in [0, 0.1) is 18.3 Å². The Labute approximate surface area is 258 Å². The molecule has 1 amide bonds. The first-order chi connectivity index (χ1) is 21.2. The normalized spacial score (nSPS) is 21.7. The Morgan fingerprint density at radius 2 is 1.91 bits per heavy atom. The zero-order valence-electron chi connectivity index (χ0n) is 25.3. The van der Waals surface area contributed by atoms with Crippen LogP contribution in [0.15, 0.2) is 60.8 Å². The van der Waals surface area contributed by atoms with Gasteiger partial charge in [0.2, 0.25) is 0 Å². The highest BCUT2D eigenvalue weighted by atomic mass is 16.6. The highest BCUT2D eigenvalue weighted by Crippen LogP contribution is 2.48. The summed E-state index contributed by atoms with van der Waals surface area (Å²) in [7, 11) is 0. The van der Waals surface area contributed by atoms with Crippen LogP contribution in [0.25, 0.3) is 10.9 Å². The van der Waals surface area contributed by atoms with Gasteiger partial charge in [-0.25, -0.2) is 9.59 Å². The number of aromatic amines is 1. The Bertz CT molecular complexity index is 1500. The van der Waals surface area contributed by atoms with Crippen molar-refractivity contribution in [1.82, 2.24) is 10.3 Å². The van der Waals surface area contributed by atoms with E-state index in [1.165, 1.54) is 0 Å². The Morgan fingerprint density at radius 1 is 1.16 bits per heavy atom. The molecule has 0 bridgehead atoms. The lowest BCUT2D eigenvalue weighted by Gasteiger charge is -2.41. The van der Waals surface area contributed by atoms with Crippen molar-refractivity contribution in [3.05, 3.63) is 71.9 Å². The van der Waals surface area contributed by atoms with E-state index in [9.17, 15) is 14.4 Å². The molecule has 2 aliphatic rings. The first-order valence-corrected chi connectivity index (χ1v) is 15.2. The third-order valence-electron chi connectivity index (χ3n) is 8.73. The summed E-state index contributed by atoms with van der Waals surface area (Å²) in [5, 5.41) is 3.74. The van der Waals surface area contributed by atoms with Gasteiger partial charge in [-0.15, -0.1) is 12.3 Å². The fourth-order valence-electron chi connectivity index (χ4n) is 5.99. The number of nitrogens with one attached hydrogen (secondary N) is 2. The number of aromatic nitrogens is 1. The van der Waals surface area contributed by atoms with Crippen molar-refractivity contribution in [3.63, 3.8) is 0 Å². The highest BCUT2D eigenvalue weighted by Gasteiger charge is 2.58. The maximum absolute atomic E-state index is 13.4. The molecule has 4 atom stereocenters. The fraction of sp³-hybridized carbons (Fsp3) is 0.457. The molecule has 1 saturated heterocycles. The van der Waals surface area contributed by atoms with Gasteiger partial charge in [-0.3, -0.25) is 4.79 Å². The molecule has 3 aromatic rings. The van der Waals surface area contributed by atoms with Crippen LogP contribution < -0.4 is 5.32 Å². The van der Waals surface area contributed by atoms with Crippen molar-refractivity contribution in [3.8, 4) is 12.3 Å². The van der Waals surface area contributed by atoms with Gasteiger partial charge in [0.25, 0.3) is 0 Å². The number of para-hydroxylation sites is 1. The second-order valence-electron chi connectivity index (χ2n) is 12.2. The molecule has 1 aliphatic heterocycles. The molecule has 2 N–H and O–H groups in total. The van der Waals surface area contributed by atoms with Crippen molar-refractivity contribution < 1.29 is 33.3 Å². The van der Waals surface area contributed by atoms with E-state index in [-0.39, 0.29) is 31.3 Å².